The van der Waals surface area contributed by atoms with E-state index in [9.17, 15) is 13.2 Å². The van der Waals surface area contributed by atoms with Crippen molar-refractivity contribution in [1.82, 2.24) is 9.97 Å². The van der Waals surface area contributed by atoms with Crippen LogP contribution in [0.25, 0.3) is 11.0 Å². The Labute approximate surface area is 154 Å². The zero-order chi connectivity index (χ0) is 17.5. The molecule has 0 radical (unpaired) electrons. The minimum absolute atomic E-state index is 0.103. The molecule has 0 saturated heterocycles. The third kappa shape index (κ3) is 2.87. The van der Waals surface area contributed by atoms with Crippen LogP contribution in [0.5, 0.6) is 0 Å². The fourth-order valence-corrected chi connectivity index (χ4v) is 6.83. The SMILES string of the molecule is COC(=O)c1cc(S(=O)(=O)c2cc(Br)c3nc[nH]c3c2)c(SC)s1. The molecule has 126 valence electrons. The normalized spacial score (nSPS) is 11.8. The molecule has 0 bridgehead atoms. The molecule has 0 spiro atoms. The van der Waals surface area contributed by atoms with E-state index in [0.717, 1.165) is 11.3 Å². The Morgan fingerprint density at radius 3 is 2.79 bits per heavy atom. The molecule has 2 aromatic heterocycles. The summed E-state index contributed by atoms with van der Waals surface area (Å²) in [7, 11) is -2.53. The Morgan fingerprint density at radius 2 is 2.12 bits per heavy atom. The van der Waals surface area contributed by atoms with Gasteiger partial charge in [-0.3, -0.25) is 0 Å². The quantitative estimate of drug-likeness (QED) is 0.484. The molecule has 0 aliphatic carbocycles. The maximum atomic E-state index is 13.0. The molecule has 24 heavy (non-hydrogen) atoms. The number of thioether (sulfide) groups is 1. The number of sulfone groups is 1. The highest BCUT2D eigenvalue weighted by atomic mass is 79.9. The number of halogens is 1. The number of hydrogen-bond donors (Lipinski definition) is 1. The van der Waals surface area contributed by atoms with Gasteiger partial charge in [-0.15, -0.1) is 23.1 Å². The second-order valence-corrected chi connectivity index (χ2v) is 9.56. The highest BCUT2D eigenvalue weighted by molar-refractivity contribution is 9.10. The van der Waals surface area contributed by atoms with E-state index >= 15 is 0 Å². The summed E-state index contributed by atoms with van der Waals surface area (Å²) in [6.45, 7) is 0. The number of carbonyl (C=O) groups excluding carboxylic acids is 1. The predicted molar refractivity (Wildman–Crippen MR) is 96.7 cm³/mol. The van der Waals surface area contributed by atoms with Gasteiger partial charge in [0.1, 0.15) is 10.4 Å². The zero-order valence-corrected chi connectivity index (χ0v) is 16.5. The number of methoxy groups -OCH3 is 1. The van der Waals surface area contributed by atoms with Crippen LogP contribution in [-0.2, 0) is 14.6 Å². The number of hydrogen-bond acceptors (Lipinski definition) is 7. The molecule has 0 fully saturated rings. The van der Waals surface area contributed by atoms with Crippen molar-refractivity contribution in [2.24, 2.45) is 0 Å². The van der Waals surface area contributed by atoms with E-state index in [-0.39, 0.29) is 14.7 Å². The first-order valence-corrected chi connectivity index (χ1v) is 10.8. The van der Waals surface area contributed by atoms with Gasteiger partial charge in [0.15, 0.2) is 0 Å². The summed E-state index contributed by atoms with van der Waals surface area (Å²) in [5.41, 5.74) is 1.26. The maximum Gasteiger partial charge on any atom is 0.348 e. The molecule has 0 amide bonds. The zero-order valence-electron chi connectivity index (χ0n) is 12.5. The lowest BCUT2D eigenvalue weighted by Crippen LogP contribution is -2.03. The number of carbonyl (C=O) groups is 1. The third-order valence-electron chi connectivity index (χ3n) is 3.29. The molecule has 0 aliphatic heterocycles. The van der Waals surface area contributed by atoms with Crippen molar-refractivity contribution in [3.63, 3.8) is 0 Å². The van der Waals surface area contributed by atoms with E-state index in [1.165, 1.54) is 43.4 Å². The minimum Gasteiger partial charge on any atom is -0.465 e. The van der Waals surface area contributed by atoms with Crippen molar-refractivity contribution in [1.29, 1.82) is 0 Å². The molecule has 10 heteroatoms. The van der Waals surface area contributed by atoms with Gasteiger partial charge in [-0.25, -0.2) is 18.2 Å². The van der Waals surface area contributed by atoms with Crippen LogP contribution in [0, 0.1) is 0 Å². The number of thiophene rings is 1. The van der Waals surface area contributed by atoms with Crippen LogP contribution in [0.1, 0.15) is 9.67 Å². The molecule has 1 aromatic carbocycles. The molecule has 3 rings (SSSR count). The summed E-state index contributed by atoms with van der Waals surface area (Å²) >= 11 is 5.72. The fourth-order valence-electron chi connectivity index (χ4n) is 2.15. The van der Waals surface area contributed by atoms with E-state index in [1.807, 2.05) is 0 Å². The second-order valence-electron chi connectivity index (χ2n) is 4.67. The van der Waals surface area contributed by atoms with Crippen LogP contribution >= 0.6 is 39.0 Å². The first-order valence-electron chi connectivity index (χ1n) is 6.52. The summed E-state index contributed by atoms with van der Waals surface area (Å²) in [6, 6.07) is 4.41. The topological polar surface area (TPSA) is 89.1 Å². The summed E-state index contributed by atoms with van der Waals surface area (Å²) in [6.07, 6.45) is 3.26. The third-order valence-corrected chi connectivity index (χ3v) is 8.16. The number of aromatic amines is 1. The molecule has 2 heterocycles. The number of aromatic nitrogens is 2. The Bertz CT molecular complexity index is 1040. The summed E-state index contributed by atoms with van der Waals surface area (Å²) in [5.74, 6) is -0.554. The Balaban J connectivity index is 2.19. The largest absolute Gasteiger partial charge is 0.465 e. The van der Waals surface area contributed by atoms with Crippen molar-refractivity contribution >= 4 is 65.9 Å². The summed E-state index contributed by atoms with van der Waals surface area (Å²) in [4.78, 5) is 19.2. The van der Waals surface area contributed by atoms with Gasteiger partial charge in [-0.1, -0.05) is 0 Å². The number of ether oxygens (including phenoxy) is 1. The van der Waals surface area contributed by atoms with Gasteiger partial charge in [0.2, 0.25) is 9.84 Å². The second kappa shape index (κ2) is 6.51. The molecule has 0 unspecified atom stereocenters. The highest BCUT2D eigenvalue weighted by Crippen LogP contribution is 2.38. The lowest BCUT2D eigenvalue weighted by Gasteiger charge is -2.06. The molecular weight excluding hydrogens is 436 g/mol. The molecule has 3 aromatic rings. The standard InChI is InChI=1S/C14H11BrN2O4S3/c1-21-13(18)10-5-11(14(22-2)23-10)24(19,20)7-3-8(15)12-9(4-7)16-6-17-12/h3-6H,1-2H3,(H,16,17). The van der Waals surface area contributed by atoms with Crippen molar-refractivity contribution in [2.45, 2.75) is 14.0 Å². The minimum atomic E-state index is -3.79. The van der Waals surface area contributed by atoms with Crippen LogP contribution in [0.2, 0.25) is 0 Å². The first kappa shape index (κ1) is 17.5. The van der Waals surface area contributed by atoms with E-state index in [0.29, 0.717) is 19.7 Å². The van der Waals surface area contributed by atoms with Crippen LogP contribution < -0.4 is 0 Å². The van der Waals surface area contributed by atoms with Gasteiger partial charge in [0.25, 0.3) is 0 Å². The fraction of sp³-hybridized carbons (Fsp3) is 0.143. The summed E-state index contributed by atoms with van der Waals surface area (Å²) < 4.78 is 31.9. The Kier molecular flexibility index (Phi) is 4.73. The van der Waals surface area contributed by atoms with E-state index < -0.39 is 15.8 Å². The van der Waals surface area contributed by atoms with E-state index in [4.69, 9.17) is 0 Å². The Hall–Kier alpha value is -1.36. The number of rotatable bonds is 4. The van der Waals surface area contributed by atoms with Crippen LogP contribution in [-0.4, -0.2) is 37.7 Å². The van der Waals surface area contributed by atoms with Crippen LogP contribution in [0.3, 0.4) is 0 Å². The number of nitrogens with one attached hydrogen (secondary N) is 1. The van der Waals surface area contributed by atoms with Crippen molar-refractivity contribution in [2.75, 3.05) is 13.4 Å². The number of H-pyrrole nitrogens is 1. The average molecular weight is 447 g/mol. The average Bonchev–Trinajstić information content (AvgIpc) is 3.20. The number of benzene rings is 1. The van der Waals surface area contributed by atoms with Gasteiger partial charge in [-0.05, 0) is 40.4 Å². The van der Waals surface area contributed by atoms with E-state index in [2.05, 4.69) is 30.6 Å². The number of esters is 1. The molecule has 0 saturated carbocycles. The highest BCUT2D eigenvalue weighted by Gasteiger charge is 2.27. The van der Waals surface area contributed by atoms with E-state index in [1.54, 1.807) is 6.26 Å². The van der Waals surface area contributed by atoms with Gasteiger partial charge in [0.05, 0.1) is 33.0 Å². The molecule has 0 aliphatic rings. The first-order chi connectivity index (χ1) is 11.4. The smallest absolute Gasteiger partial charge is 0.348 e. The molecular formula is C14H11BrN2O4S3. The van der Waals surface area contributed by atoms with Crippen LogP contribution in [0.15, 0.2) is 43.0 Å². The number of fused-ring (bicyclic) bond motifs is 1. The monoisotopic (exact) mass is 446 g/mol. The summed E-state index contributed by atoms with van der Waals surface area (Å²) in [5, 5.41) is 0. The lowest BCUT2D eigenvalue weighted by atomic mass is 10.3. The van der Waals surface area contributed by atoms with Crippen molar-refractivity contribution in [3.05, 3.63) is 33.9 Å². The molecule has 6 nitrogen and oxygen atoms in total. The molecule has 0 atom stereocenters. The van der Waals surface area contributed by atoms with Gasteiger partial charge in [-0.2, -0.15) is 0 Å². The van der Waals surface area contributed by atoms with Gasteiger partial charge < -0.3 is 9.72 Å². The number of nitrogens with zero attached hydrogens (tertiary/aromatic N) is 1. The van der Waals surface area contributed by atoms with Crippen molar-refractivity contribution < 1.29 is 17.9 Å². The van der Waals surface area contributed by atoms with Crippen LogP contribution in [0.4, 0.5) is 0 Å². The number of imidazole rings is 1. The van der Waals surface area contributed by atoms with Gasteiger partial charge in [0, 0.05) is 4.47 Å². The van der Waals surface area contributed by atoms with Crippen molar-refractivity contribution in [3.8, 4) is 0 Å². The molecule has 1 N–H and O–H groups in total. The lowest BCUT2D eigenvalue weighted by molar-refractivity contribution is 0.0606. The Morgan fingerprint density at radius 1 is 1.38 bits per heavy atom. The maximum absolute atomic E-state index is 13.0. The predicted octanol–water partition coefficient (Wildman–Crippen LogP) is 3.73. The van der Waals surface area contributed by atoms with Gasteiger partial charge >= 0.3 is 5.97 Å².